The van der Waals surface area contributed by atoms with Crippen molar-refractivity contribution < 1.29 is 27.5 Å². The van der Waals surface area contributed by atoms with Crippen LogP contribution in [0.15, 0.2) is 40.8 Å². The Morgan fingerprint density at radius 2 is 1.94 bits per heavy atom. The van der Waals surface area contributed by atoms with E-state index in [1.54, 1.807) is 12.1 Å². The molecule has 2 atom stereocenters. The fourth-order valence-corrected chi connectivity index (χ4v) is 3.77. The minimum Gasteiger partial charge on any atom is -0.497 e. The van der Waals surface area contributed by atoms with Crippen molar-refractivity contribution in [2.75, 3.05) is 25.5 Å². The highest BCUT2D eigenvalue weighted by Crippen LogP contribution is 2.32. The van der Waals surface area contributed by atoms with E-state index in [1.165, 1.54) is 7.11 Å². The van der Waals surface area contributed by atoms with Crippen molar-refractivity contribution in [1.82, 2.24) is 20.8 Å². The lowest BCUT2D eigenvalue weighted by atomic mass is 9.93. The monoisotopic (exact) mass is 491 g/mol. The van der Waals surface area contributed by atoms with E-state index in [-0.39, 0.29) is 29.8 Å². The number of carbonyl (C=O) groups is 2. The van der Waals surface area contributed by atoms with E-state index in [2.05, 4.69) is 26.1 Å². The Labute approximate surface area is 197 Å². The Morgan fingerprint density at radius 1 is 1.24 bits per heavy atom. The molecule has 1 aromatic heterocycles. The highest BCUT2D eigenvalue weighted by molar-refractivity contribution is 6.30. The van der Waals surface area contributed by atoms with Crippen LogP contribution in [0.1, 0.15) is 27.7 Å². The SMILES string of the molecule is COc1cc(F)c([C@@H]2CNC(=O)[C@H]2Nc2nnc(C(=O)NCCc3ccc(Cl)cc3)o2)c(F)c1. The second-order valence-electron chi connectivity index (χ2n) is 7.52. The van der Waals surface area contributed by atoms with E-state index in [0.717, 1.165) is 17.7 Å². The predicted molar refractivity (Wildman–Crippen MR) is 118 cm³/mol. The summed E-state index contributed by atoms with van der Waals surface area (Å²) in [4.78, 5) is 24.6. The molecule has 4 rings (SSSR count). The summed E-state index contributed by atoms with van der Waals surface area (Å²) in [7, 11) is 1.29. The number of carbonyl (C=O) groups excluding carboxylic acids is 2. The van der Waals surface area contributed by atoms with Gasteiger partial charge in [0, 0.05) is 41.7 Å². The van der Waals surface area contributed by atoms with Crippen LogP contribution in [0.25, 0.3) is 0 Å². The van der Waals surface area contributed by atoms with Crippen LogP contribution in [0.4, 0.5) is 14.8 Å². The molecule has 0 unspecified atom stereocenters. The van der Waals surface area contributed by atoms with Crippen molar-refractivity contribution >= 4 is 29.4 Å². The van der Waals surface area contributed by atoms with Gasteiger partial charge in [-0.25, -0.2) is 8.78 Å². The van der Waals surface area contributed by atoms with Gasteiger partial charge in [-0.2, -0.15) is 0 Å². The lowest BCUT2D eigenvalue weighted by molar-refractivity contribution is -0.119. The second kappa shape index (κ2) is 10.0. The highest BCUT2D eigenvalue weighted by Gasteiger charge is 2.40. The van der Waals surface area contributed by atoms with Crippen LogP contribution in [0.2, 0.25) is 5.02 Å². The van der Waals surface area contributed by atoms with Crippen molar-refractivity contribution in [3.05, 3.63) is 70.1 Å². The molecule has 3 aromatic rings. The van der Waals surface area contributed by atoms with Gasteiger partial charge in [-0.05, 0) is 24.1 Å². The van der Waals surface area contributed by atoms with Gasteiger partial charge in [0.2, 0.25) is 5.91 Å². The quantitative estimate of drug-likeness (QED) is 0.443. The molecule has 0 spiro atoms. The van der Waals surface area contributed by atoms with Gasteiger partial charge in [-0.3, -0.25) is 9.59 Å². The smallest absolute Gasteiger partial charge is 0.316 e. The summed E-state index contributed by atoms with van der Waals surface area (Å²) in [6.45, 7) is 0.303. The third kappa shape index (κ3) is 5.09. The number of ether oxygens (including phenoxy) is 1. The van der Waals surface area contributed by atoms with E-state index in [9.17, 15) is 18.4 Å². The number of aromatic nitrogens is 2. The molecule has 2 heterocycles. The molecule has 0 bridgehead atoms. The van der Waals surface area contributed by atoms with Crippen LogP contribution in [0.5, 0.6) is 5.75 Å². The fraction of sp³-hybridized carbons (Fsp3) is 0.273. The molecule has 0 aliphatic carbocycles. The molecule has 2 amide bonds. The molecule has 1 aliphatic heterocycles. The Kier molecular flexibility index (Phi) is 6.92. The topological polar surface area (TPSA) is 118 Å². The molecule has 1 fully saturated rings. The Balaban J connectivity index is 1.40. The fourth-order valence-electron chi connectivity index (χ4n) is 3.64. The second-order valence-corrected chi connectivity index (χ2v) is 7.96. The Bertz CT molecular complexity index is 1180. The van der Waals surface area contributed by atoms with Gasteiger partial charge < -0.3 is 25.1 Å². The van der Waals surface area contributed by atoms with Gasteiger partial charge >= 0.3 is 17.8 Å². The van der Waals surface area contributed by atoms with Gasteiger partial charge in [0.15, 0.2) is 0 Å². The number of methoxy groups -OCH3 is 1. The zero-order valence-electron chi connectivity index (χ0n) is 17.9. The molecule has 1 aliphatic rings. The summed E-state index contributed by atoms with van der Waals surface area (Å²) in [6.07, 6.45) is 0.561. The minimum atomic E-state index is -1.10. The van der Waals surface area contributed by atoms with Crippen LogP contribution >= 0.6 is 11.6 Å². The molecule has 0 radical (unpaired) electrons. The molecule has 2 aromatic carbocycles. The van der Waals surface area contributed by atoms with Crippen molar-refractivity contribution in [1.29, 1.82) is 0 Å². The normalized spacial score (nSPS) is 17.4. The number of anilines is 1. The predicted octanol–water partition coefficient (Wildman–Crippen LogP) is 2.68. The first-order valence-corrected chi connectivity index (χ1v) is 10.7. The number of halogens is 3. The van der Waals surface area contributed by atoms with Gasteiger partial charge in [-0.1, -0.05) is 28.8 Å². The van der Waals surface area contributed by atoms with E-state index in [1.807, 2.05) is 12.1 Å². The highest BCUT2D eigenvalue weighted by atomic mass is 35.5. The number of hydrogen-bond acceptors (Lipinski definition) is 7. The van der Waals surface area contributed by atoms with Crippen LogP contribution in [0, 0.1) is 11.6 Å². The third-order valence-electron chi connectivity index (χ3n) is 5.35. The molecular formula is C22H20ClF2N5O4. The largest absolute Gasteiger partial charge is 0.497 e. The minimum absolute atomic E-state index is 0.0111. The maximum atomic E-state index is 14.6. The standard InChI is InChI=1S/C22H20ClF2N5O4/c1-33-13-8-15(24)17(16(25)9-13)14-10-27-19(31)18(14)28-22-30-29-21(34-22)20(32)26-7-6-11-2-4-12(23)5-3-11/h2-5,8-9,14,18H,6-7,10H2,1H3,(H,26,32)(H,27,31)(H,28,30)/t14-,18-/m0/s1. The van der Waals surface area contributed by atoms with Gasteiger partial charge in [-0.15, -0.1) is 5.10 Å². The summed E-state index contributed by atoms with van der Waals surface area (Å²) in [5, 5.41) is 15.9. The first-order chi connectivity index (χ1) is 16.4. The zero-order chi connectivity index (χ0) is 24.2. The lowest BCUT2D eigenvalue weighted by Crippen LogP contribution is -2.33. The first-order valence-electron chi connectivity index (χ1n) is 10.3. The van der Waals surface area contributed by atoms with Gasteiger partial charge in [0.1, 0.15) is 23.4 Å². The molecule has 12 heteroatoms. The van der Waals surface area contributed by atoms with E-state index in [0.29, 0.717) is 18.0 Å². The van der Waals surface area contributed by atoms with Crippen LogP contribution in [0.3, 0.4) is 0 Å². The molecule has 0 saturated carbocycles. The van der Waals surface area contributed by atoms with Crippen molar-refractivity contribution in [3.63, 3.8) is 0 Å². The maximum Gasteiger partial charge on any atom is 0.316 e. The summed E-state index contributed by atoms with van der Waals surface area (Å²) >= 11 is 5.85. The number of rotatable bonds is 8. The average Bonchev–Trinajstić information content (AvgIpc) is 3.42. The number of benzene rings is 2. The summed E-state index contributed by atoms with van der Waals surface area (Å²) in [6, 6.07) is 7.95. The molecule has 9 nitrogen and oxygen atoms in total. The van der Waals surface area contributed by atoms with E-state index in [4.69, 9.17) is 20.8 Å². The third-order valence-corrected chi connectivity index (χ3v) is 5.60. The summed E-state index contributed by atoms with van der Waals surface area (Å²) in [5.41, 5.74) is 0.699. The zero-order valence-corrected chi connectivity index (χ0v) is 18.7. The molecular weight excluding hydrogens is 472 g/mol. The maximum absolute atomic E-state index is 14.6. The molecule has 34 heavy (non-hydrogen) atoms. The summed E-state index contributed by atoms with van der Waals surface area (Å²) in [5.74, 6) is -4.02. The van der Waals surface area contributed by atoms with Crippen molar-refractivity contribution in [2.45, 2.75) is 18.4 Å². The van der Waals surface area contributed by atoms with Crippen molar-refractivity contribution in [3.8, 4) is 5.75 Å². The van der Waals surface area contributed by atoms with E-state index >= 15 is 0 Å². The number of hydrogen-bond donors (Lipinski definition) is 3. The first kappa shape index (κ1) is 23.4. The van der Waals surface area contributed by atoms with E-state index < -0.39 is 35.4 Å². The average molecular weight is 492 g/mol. The molecule has 178 valence electrons. The summed E-state index contributed by atoms with van der Waals surface area (Å²) < 4.78 is 39.3. The van der Waals surface area contributed by atoms with Crippen molar-refractivity contribution in [2.24, 2.45) is 0 Å². The lowest BCUT2D eigenvalue weighted by Gasteiger charge is -2.19. The van der Waals surface area contributed by atoms with Crippen LogP contribution in [-0.4, -0.2) is 48.3 Å². The van der Waals surface area contributed by atoms with Gasteiger partial charge in [0.25, 0.3) is 0 Å². The van der Waals surface area contributed by atoms with Crippen LogP contribution < -0.4 is 20.7 Å². The number of nitrogens with zero attached hydrogens (tertiary/aromatic N) is 2. The Hall–Kier alpha value is -3.73. The number of amides is 2. The Morgan fingerprint density at radius 3 is 2.62 bits per heavy atom. The van der Waals surface area contributed by atoms with Gasteiger partial charge in [0.05, 0.1) is 7.11 Å². The van der Waals surface area contributed by atoms with Crippen LogP contribution in [-0.2, 0) is 11.2 Å². The molecule has 3 N–H and O–H groups in total. The molecule has 1 saturated heterocycles. The number of nitrogens with one attached hydrogen (secondary N) is 3.